The highest BCUT2D eigenvalue weighted by Gasteiger charge is 2.48. The lowest BCUT2D eigenvalue weighted by atomic mass is 9.98. The molecule has 0 radical (unpaired) electrons. The van der Waals surface area contributed by atoms with Gasteiger partial charge < -0.3 is 29.2 Å². The Morgan fingerprint density at radius 1 is 0.780 bits per heavy atom. The van der Waals surface area contributed by atoms with Gasteiger partial charge >= 0.3 is 5.97 Å². The second kappa shape index (κ2) is 25.2. The number of rotatable bonds is 27. The second-order valence-corrected chi connectivity index (χ2v) is 11.4. The van der Waals surface area contributed by atoms with Gasteiger partial charge in [0, 0.05) is 13.0 Å². The molecule has 41 heavy (non-hydrogen) atoms. The number of carbonyl (C=O) groups excluding carboxylic acids is 2. The molecule has 1 rings (SSSR count). The van der Waals surface area contributed by atoms with Crippen LogP contribution in [0, 0.1) is 0 Å². The zero-order valence-corrected chi connectivity index (χ0v) is 26.1. The average molecular weight is 585 g/mol. The molecule has 1 saturated heterocycles. The van der Waals surface area contributed by atoms with E-state index < -0.39 is 43.3 Å². The molecule has 0 amide bonds. The van der Waals surface area contributed by atoms with Gasteiger partial charge in [-0.05, 0) is 12.8 Å². The van der Waals surface area contributed by atoms with E-state index in [9.17, 15) is 19.8 Å². The Bertz CT molecular complexity index is 670. The molecule has 1 fully saturated rings. The van der Waals surface area contributed by atoms with Crippen LogP contribution in [0.15, 0.2) is 12.7 Å². The van der Waals surface area contributed by atoms with Crippen molar-refractivity contribution in [1.29, 1.82) is 0 Å². The Kier molecular flexibility index (Phi) is 23.2. The SMILES string of the molecule is C=CCOC1O[C@H](CO)[C@@H](O)[C@H](OCCCCCCCCCC)[C@H]1OC(=O)CC(=O)CCCCCCCCCCC. The Morgan fingerprint density at radius 2 is 1.32 bits per heavy atom. The number of unbranched alkanes of at least 4 members (excludes halogenated alkanes) is 15. The summed E-state index contributed by atoms with van der Waals surface area (Å²) in [5.74, 6) is -0.856. The number of aliphatic hydroxyl groups excluding tert-OH is 2. The van der Waals surface area contributed by atoms with Crippen molar-refractivity contribution < 1.29 is 38.7 Å². The molecule has 8 nitrogen and oxygen atoms in total. The van der Waals surface area contributed by atoms with Crippen molar-refractivity contribution in [1.82, 2.24) is 0 Å². The van der Waals surface area contributed by atoms with Gasteiger partial charge in [-0.15, -0.1) is 6.58 Å². The number of Topliss-reactive ketones (excluding diaryl/α,β-unsaturated/α-hetero) is 1. The normalized spacial score (nSPS) is 22.5. The molecule has 5 atom stereocenters. The lowest BCUT2D eigenvalue weighted by molar-refractivity contribution is -0.308. The number of aliphatic hydroxyl groups is 2. The first kappa shape index (κ1) is 37.7. The van der Waals surface area contributed by atoms with Gasteiger partial charge in [-0.25, -0.2) is 0 Å². The van der Waals surface area contributed by atoms with E-state index in [0.717, 1.165) is 38.5 Å². The molecule has 0 aliphatic carbocycles. The van der Waals surface area contributed by atoms with Crippen molar-refractivity contribution >= 4 is 11.8 Å². The molecule has 8 heteroatoms. The molecule has 0 saturated carbocycles. The summed E-state index contributed by atoms with van der Waals surface area (Å²) in [7, 11) is 0. The number of esters is 1. The molecule has 2 N–H and O–H groups in total. The maximum absolute atomic E-state index is 12.8. The molecule has 1 unspecified atom stereocenters. The van der Waals surface area contributed by atoms with Gasteiger partial charge in [0.15, 0.2) is 12.4 Å². The third-order valence-electron chi connectivity index (χ3n) is 7.65. The molecule has 0 aromatic heterocycles. The first-order valence-corrected chi connectivity index (χ1v) is 16.5. The Balaban J connectivity index is 2.56. The van der Waals surface area contributed by atoms with Crippen LogP contribution in [0.5, 0.6) is 0 Å². The van der Waals surface area contributed by atoms with Gasteiger partial charge in [0.05, 0.1) is 13.2 Å². The van der Waals surface area contributed by atoms with Gasteiger partial charge in [-0.1, -0.05) is 116 Å². The summed E-state index contributed by atoms with van der Waals surface area (Å²) in [6.07, 6.45) is 15.8. The molecular formula is C33H60O8. The predicted octanol–water partition coefficient (Wildman–Crippen LogP) is 6.58. The third-order valence-corrected chi connectivity index (χ3v) is 7.65. The van der Waals surface area contributed by atoms with Crippen molar-refractivity contribution in [2.75, 3.05) is 19.8 Å². The molecule has 0 aromatic rings. The van der Waals surface area contributed by atoms with Gasteiger partial charge in [0.25, 0.3) is 0 Å². The first-order chi connectivity index (χ1) is 20.0. The van der Waals surface area contributed by atoms with Crippen LogP contribution in [0.25, 0.3) is 0 Å². The maximum Gasteiger partial charge on any atom is 0.313 e. The van der Waals surface area contributed by atoms with E-state index >= 15 is 0 Å². The van der Waals surface area contributed by atoms with Crippen LogP contribution in [0.4, 0.5) is 0 Å². The van der Waals surface area contributed by atoms with Gasteiger partial charge in [0.1, 0.15) is 30.5 Å². The Labute approximate surface area is 249 Å². The fourth-order valence-electron chi connectivity index (χ4n) is 5.19. The van der Waals surface area contributed by atoms with E-state index in [1.54, 1.807) is 0 Å². The zero-order valence-electron chi connectivity index (χ0n) is 26.1. The summed E-state index contributed by atoms with van der Waals surface area (Å²) in [6.45, 7) is 8.12. The molecule has 1 aliphatic heterocycles. The van der Waals surface area contributed by atoms with Crippen LogP contribution in [0.1, 0.15) is 136 Å². The van der Waals surface area contributed by atoms with Crippen molar-refractivity contribution in [3.05, 3.63) is 12.7 Å². The van der Waals surface area contributed by atoms with E-state index in [2.05, 4.69) is 20.4 Å². The van der Waals surface area contributed by atoms with E-state index in [-0.39, 0.29) is 18.8 Å². The van der Waals surface area contributed by atoms with E-state index in [1.165, 1.54) is 76.7 Å². The summed E-state index contributed by atoms with van der Waals surface area (Å²) in [4.78, 5) is 25.2. The third kappa shape index (κ3) is 17.4. The first-order valence-electron chi connectivity index (χ1n) is 16.5. The highest BCUT2D eigenvalue weighted by Crippen LogP contribution is 2.28. The van der Waals surface area contributed by atoms with E-state index in [1.807, 2.05) is 0 Å². The monoisotopic (exact) mass is 584 g/mol. The lowest BCUT2D eigenvalue weighted by Crippen LogP contribution is -2.61. The highest BCUT2D eigenvalue weighted by molar-refractivity contribution is 5.95. The fourth-order valence-corrected chi connectivity index (χ4v) is 5.19. The largest absolute Gasteiger partial charge is 0.454 e. The number of ketones is 1. The highest BCUT2D eigenvalue weighted by atomic mass is 16.7. The number of carbonyl (C=O) groups is 2. The number of hydrogen-bond donors (Lipinski definition) is 2. The van der Waals surface area contributed by atoms with Crippen LogP contribution >= 0.6 is 0 Å². The molecule has 240 valence electrons. The molecule has 0 bridgehead atoms. The van der Waals surface area contributed by atoms with Gasteiger partial charge in [0.2, 0.25) is 0 Å². The van der Waals surface area contributed by atoms with Crippen LogP contribution in [0.2, 0.25) is 0 Å². The smallest absolute Gasteiger partial charge is 0.313 e. The zero-order chi connectivity index (χ0) is 30.1. The van der Waals surface area contributed by atoms with Crippen molar-refractivity contribution in [2.24, 2.45) is 0 Å². The summed E-state index contributed by atoms with van der Waals surface area (Å²) in [5.41, 5.74) is 0. The van der Waals surface area contributed by atoms with Gasteiger partial charge in [-0.3, -0.25) is 9.59 Å². The van der Waals surface area contributed by atoms with Crippen molar-refractivity contribution in [3.8, 4) is 0 Å². The van der Waals surface area contributed by atoms with Gasteiger partial charge in [-0.2, -0.15) is 0 Å². The van der Waals surface area contributed by atoms with E-state index in [4.69, 9.17) is 18.9 Å². The van der Waals surface area contributed by atoms with E-state index in [0.29, 0.717) is 13.0 Å². The lowest BCUT2D eigenvalue weighted by Gasteiger charge is -2.43. The minimum absolute atomic E-state index is 0.120. The minimum atomic E-state index is -1.21. The summed E-state index contributed by atoms with van der Waals surface area (Å²) >= 11 is 0. The summed E-state index contributed by atoms with van der Waals surface area (Å²) < 4.78 is 23.1. The topological polar surface area (TPSA) is 112 Å². The number of hydrogen-bond acceptors (Lipinski definition) is 8. The predicted molar refractivity (Wildman–Crippen MR) is 162 cm³/mol. The fraction of sp³-hybridized carbons (Fsp3) is 0.879. The average Bonchev–Trinajstić information content (AvgIpc) is 2.96. The second-order valence-electron chi connectivity index (χ2n) is 11.4. The van der Waals surface area contributed by atoms with Crippen LogP contribution < -0.4 is 0 Å². The van der Waals surface area contributed by atoms with Crippen LogP contribution in [-0.2, 0) is 28.5 Å². The van der Waals surface area contributed by atoms with Crippen molar-refractivity contribution in [3.63, 3.8) is 0 Å². The molecule has 1 aliphatic rings. The Hall–Kier alpha value is -1.32. The molecule has 1 heterocycles. The summed E-state index contributed by atoms with van der Waals surface area (Å²) in [5, 5.41) is 20.6. The standard InChI is InChI=1S/C33H60O8/c1-4-7-9-11-13-15-16-18-20-22-27(35)25-29(36)41-32-31(38-24-21-19-17-14-12-10-8-5-2)30(37)28(26-34)40-33(32)39-23-6-3/h6,28,30-34,37H,3-5,7-26H2,1-2H3/t28-,30-,31+,32-,33?/m1/s1. The quantitative estimate of drug-likeness (QED) is 0.0482. The van der Waals surface area contributed by atoms with Crippen molar-refractivity contribution in [2.45, 2.75) is 167 Å². The summed E-state index contributed by atoms with van der Waals surface area (Å²) in [6, 6.07) is 0. The molecule has 0 aromatic carbocycles. The Morgan fingerprint density at radius 3 is 1.85 bits per heavy atom. The van der Waals surface area contributed by atoms with Crippen LogP contribution in [-0.4, -0.2) is 72.5 Å². The van der Waals surface area contributed by atoms with Crippen LogP contribution in [0.3, 0.4) is 0 Å². The molecule has 0 spiro atoms. The minimum Gasteiger partial charge on any atom is -0.454 e. The molecular weight excluding hydrogens is 524 g/mol. The maximum atomic E-state index is 12.8. The number of ether oxygens (including phenoxy) is 4.